The number of aliphatic hydroxyl groups excluding tert-OH is 1. The Labute approximate surface area is 449 Å². The zero-order chi connectivity index (χ0) is 54.8. The summed E-state index contributed by atoms with van der Waals surface area (Å²) in [6.07, 6.45) is 3.60. The minimum absolute atomic E-state index is 0.0119. The number of thiazole rings is 1. The van der Waals surface area contributed by atoms with E-state index >= 15 is 0 Å². The van der Waals surface area contributed by atoms with Crippen molar-refractivity contribution in [3.8, 4) is 44.8 Å². The highest BCUT2D eigenvalue weighted by molar-refractivity contribution is 7.13. The van der Waals surface area contributed by atoms with Crippen LogP contribution in [0.5, 0.6) is 5.75 Å². The number of aryl methyl sites for hydroxylation is 1. The van der Waals surface area contributed by atoms with E-state index in [0.29, 0.717) is 54.2 Å². The van der Waals surface area contributed by atoms with Crippen LogP contribution in [-0.4, -0.2) is 136 Å². The molecule has 0 spiro atoms. The highest BCUT2D eigenvalue weighted by Gasteiger charge is 2.44. The first-order chi connectivity index (χ1) is 37.0. The van der Waals surface area contributed by atoms with Gasteiger partial charge in [0.25, 0.3) is 5.91 Å². The van der Waals surface area contributed by atoms with Gasteiger partial charge in [-0.3, -0.25) is 29.0 Å². The predicted molar refractivity (Wildman–Crippen MR) is 287 cm³/mol. The summed E-state index contributed by atoms with van der Waals surface area (Å²) in [5, 5.41) is 29.2. The van der Waals surface area contributed by atoms with Crippen LogP contribution in [-0.2, 0) is 30.5 Å². The molecule has 0 saturated carbocycles. The lowest BCUT2D eigenvalue weighted by Gasteiger charge is -2.37. The Morgan fingerprint density at radius 2 is 1.70 bits per heavy atom. The van der Waals surface area contributed by atoms with Crippen LogP contribution >= 0.6 is 11.3 Å². The third-order valence-corrected chi connectivity index (χ3v) is 14.4. The first-order valence-electron chi connectivity index (χ1n) is 25.1. The molecule has 2 aliphatic heterocycles. The molecule has 4 N–H and O–H groups in total. The molecule has 0 bridgehead atoms. The average molecular weight is 1070 g/mol. The second kappa shape index (κ2) is 24.7. The van der Waals surface area contributed by atoms with Crippen molar-refractivity contribution in [1.29, 1.82) is 5.26 Å². The summed E-state index contributed by atoms with van der Waals surface area (Å²) in [6, 6.07) is 20.8. The summed E-state index contributed by atoms with van der Waals surface area (Å²) in [5.41, 5.74) is 6.62. The van der Waals surface area contributed by atoms with E-state index in [9.17, 15) is 38.7 Å². The maximum atomic E-state index is 15.0. The van der Waals surface area contributed by atoms with Gasteiger partial charge in [-0.05, 0) is 65.4 Å². The minimum Gasteiger partial charge on any atom is -0.496 e. The van der Waals surface area contributed by atoms with Crippen molar-refractivity contribution in [1.82, 2.24) is 40.4 Å². The smallest absolute Gasteiger partial charge is 0.274 e. The number of pyridine rings is 1. The highest BCUT2D eigenvalue weighted by Crippen LogP contribution is 2.35. The standard InChI is InChI=1S/C56H60FN11O8S/c1-34-50(77-33-62-34)36-11-9-35(10-12-36)30-61-54(73)45-28-39(69)32-68(45)55(74)51(56(2,3)4)65-47(70)17-25-76-26-18-48(71)67-23-21-66(22-24-67)44-27-37(40-31-59-19-15-38(40)29-58)13-14-42(44)64-53(72)43-16-20-60-52(63-43)49-41(57)7-6-8-46(49)75-5/h6-16,19-20,27,31,33,39,45,51,69H,17-18,21-26,28,30,32H2,1-5H3,(H,61,73)(H,64,72)(H,65,70)/t39-,45+,51-/m1/s1. The number of anilines is 2. The number of amides is 5. The molecule has 3 atom stereocenters. The number of nitriles is 1. The summed E-state index contributed by atoms with van der Waals surface area (Å²) in [4.78, 5) is 91.5. The van der Waals surface area contributed by atoms with Gasteiger partial charge in [-0.1, -0.05) is 57.2 Å². The molecule has 19 nitrogen and oxygen atoms in total. The maximum absolute atomic E-state index is 15.0. The zero-order valence-electron chi connectivity index (χ0n) is 43.4. The number of aromatic nitrogens is 4. The van der Waals surface area contributed by atoms with Crippen LogP contribution in [0.4, 0.5) is 15.8 Å². The van der Waals surface area contributed by atoms with E-state index in [2.05, 4.69) is 42.0 Å². The Kier molecular flexibility index (Phi) is 17.6. The van der Waals surface area contributed by atoms with Gasteiger partial charge in [-0.25, -0.2) is 19.3 Å². The van der Waals surface area contributed by atoms with E-state index in [1.54, 1.807) is 52.2 Å². The molecule has 5 heterocycles. The average Bonchev–Trinajstić information content (AvgIpc) is 4.06. The van der Waals surface area contributed by atoms with E-state index in [4.69, 9.17) is 9.47 Å². The number of nitrogens with zero attached hydrogens (tertiary/aromatic N) is 8. The van der Waals surface area contributed by atoms with Gasteiger partial charge in [-0.15, -0.1) is 11.3 Å². The molecule has 0 radical (unpaired) electrons. The number of likely N-dealkylation sites (tertiary alicyclic amines) is 1. The Bertz CT molecular complexity index is 3170. The third-order valence-electron chi connectivity index (χ3n) is 13.4. The SMILES string of the molecule is COc1cccc(F)c1-c1nccc(C(=O)Nc2ccc(-c3cnccc3C#N)cc2N2CCN(C(=O)CCOCCC(=O)N[C@H](C(=O)N3C[C@H](O)C[C@H]3C(=O)NCc3ccc(-c4scnc4C)cc3)C(C)(C)C)CC2)n1. The molecule has 0 aliphatic carbocycles. The van der Waals surface area contributed by atoms with Crippen molar-refractivity contribution in [3.63, 3.8) is 0 Å². The van der Waals surface area contributed by atoms with E-state index in [0.717, 1.165) is 21.7 Å². The Morgan fingerprint density at radius 1 is 0.948 bits per heavy atom. The maximum Gasteiger partial charge on any atom is 0.274 e. The molecule has 2 saturated heterocycles. The predicted octanol–water partition coefficient (Wildman–Crippen LogP) is 6.16. The molecule has 400 valence electrons. The molecule has 3 aromatic heterocycles. The van der Waals surface area contributed by atoms with Gasteiger partial charge >= 0.3 is 0 Å². The van der Waals surface area contributed by atoms with Crippen LogP contribution in [0, 0.1) is 29.5 Å². The monoisotopic (exact) mass is 1070 g/mol. The molecule has 0 unspecified atom stereocenters. The number of aliphatic hydroxyl groups is 1. The number of hydrogen-bond donors (Lipinski definition) is 4. The zero-order valence-corrected chi connectivity index (χ0v) is 44.2. The summed E-state index contributed by atoms with van der Waals surface area (Å²) < 4.78 is 26.0. The number of hydrogen-bond acceptors (Lipinski definition) is 15. The summed E-state index contributed by atoms with van der Waals surface area (Å²) in [7, 11) is 1.40. The number of carbonyl (C=O) groups is 5. The van der Waals surface area contributed by atoms with Crippen LogP contribution in [0.15, 0.2) is 96.9 Å². The fraction of sp³-hybridized carbons (Fsp3) is 0.357. The number of benzene rings is 3. The highest BCUT2D eigenvalue weighted by atomic mass is 32.1. The molecule has 77 heavy (non-hydrogen) atoms. The molecule has 21 heteroatoms. The number of halogens is 1. The number of nitrogens with one attached hydrogen (secondary N) is 3. The number of piperazine rings is 1. The van der Waals surface area contributed by atoms with Crippen molar-refractivity contribution >= 4 is 52.2 Å². The quantitative estimate of drug-likeness (QED) is 0.0705. The summed E-state index contributed by atoms with van der Waals surface area (Å²) >= 11 is 1.56. The van der Waals surface area contributed by atoms with Gasteiger partial charge in [0.2, 0.25) is 23.6 Å². The molecule has 8 rings (SSSR count). The second-order valence-electron chi connectivity index (χ2n) is 19.7. The van der Waals surface area contributed by atoms with Crippen LogP contribution in [0.25, 0.3) is 33.0 Å². The van der Waals surface area contributed by atoms with E-state index in [1.165, 1.54) is 42.6 Å². The summed E-state index contributed by atoms with van der Waals surface area (Å²) in [6.45, 7) is 9.05. The van der Waals surface area contributed by atoms with E-state index < -0.39 is 53.0 Å². The lowest BCUT2D eigenvalue weighted by Crippen LogP contribution is -2.57. The fourth-order valence-corrected chi connectivity index (χ4v) is 10.1. The van der Waals surface area contributed by atoms with Gasteiger partial charge in [0, 0.05) is 76.3 Å². The molecule has 3 aromatic carbocycles. The van der Waals surface area contributed by atoms with Crippen molar-refractivity contribution in [3.05, 3.63) is 125 Å². The Balaban J connectivity index is 0.829. The van der Waals surface area contributed by atoms with Crippen molar-refractivity contribution in [2.75, 3.05) is 63.3 Å². The first-order valence-corrected chi connectivity index (χ1v) is 26.0. The molecular formula is C56H60FN11O8S. The van der Waals surface area contributed by atoms with Gasteiger partial charge in [0.1, 0.15) is 29.3 Å². The minimum atomic E-state index is -1.01. The Hall–Kier alpha value is -8.19. The van der Waals surface area contributed by atoms with Crippen LogP contribution < -0.4 is 25.6 Å². The molecule has 5 amide bonds. The molecular weight excluding hydrogens is 1010 g/mol. The molecule has 6 aromatic rings. The van der Waals surface area contributed by atoms with E-state index in [-0.39, 0.29) is 74.3 Å². The van der Waals surface area contributed by atoms with Gasteiger partial charge in [0.15, 0.2) is 5.82 Å². The third kappa shape index (κ3) is 13.3. The first kappa shape index (κ1) is 55.1. The van der Waals surface area contributed by atoms with Gasteiger partial charge in [0.05, 0.1) is 77.5 Å². The van der Waals surface area contributed by atoms with Crippen LogP contribution in [0.3, 0.4) is 0 Å². The molecule has 2 fully saturated rings. The number of ether oxygens (including phenoxy) is 2. The normalized spacial score (nSPS) is 15.8. The van der Waals surface area contributed by atoms with Gasteiger partial charge < -0.3 is 45.2 Å². The molecule has 2 aliphatic rings. The topological polar surface area (TPSA) is 245 Å². The second-order valence-corrected chi connectivity index (χ2v) is 20.6. The number of carbonyl (C=O) groups excluding carboxylic acids is 5. The Morgan fingerprint density at radius 3 is 2.42 bits per heavy atom. The number of methoxy groups -OCH3 is 1. The van der Waals surface area contributed by atoms with Crippen molar-refractivity contribution < 1.29 is 42.9 Å². The fourth-order valence-electron chi connectivity index (χ4n) is 9.27. The number of rotatable bonds is 18. The van der Waals surface area contributed by atoms with Gasteiger partial charge in [-0.2, -0.15) is 5.26 Å². The summed E-state index contributed by atoms with van der Waals surface area (Å²) in [5.74, 6) is -2.51. The van der Waals surface area contributed by atoms with Crippen molar-refractivity contribution in [2.24, 2.45) is 5.41 Å². The van der Waals surface area contributed by atoms with Crippen molar-refractivity contribution in [2.45, 2.75) is 71.7 Å². The van der Waals surface area contributed by atoms with Crippen LogP contribution in [0.1, 0.15) is 67.3 Å². The largest absolute Gasteiger partial charge is 0.496 e. The lowest BCUT2D eigenvalue weighted by molar-refractivity contribution is -0.144. The van der Waals surface area contributed by atoms with Crippen LogP contribution in [0.2, 0.25) is 0 Å². The lowest BCUT2D eigenvalue weighted by atomic mass is 9.85. The van der Waals surface area contributed by atoms with E-state index in [1.807, 2.05) is 62.9 Å². The number of β-amino-alcohol motifs (C(OH)–C–C–N with tert-alkyl or cyclic N) is 1.